The van der Waals surface area contributed by atoms with Gasteiger partial charge in [0.15, 0.2) is 0 Å². The number of aliphatic carboxylic acids is 1. The topological polar surface area (TPSA) is 120 Å². The standard InChI is InChI=1S/C31H26N4O4/c36-30(37)26-16-22-21-11-5-7-13-27(21)35(18-19-8-2-1-3-9-19)29(22)25(34-26)14-15-32-28(31(38)39)23-17-33-24-12-6-4-10-20(23)24/h1-13,16-17,28,32-33H,14-15,18H2,(H,36,37)(H,38,39)/t28-/m1/s1. The molecule has 0 unspecified atom stereocenters. The Hall–Kier alpha value is -4.95. The van der Waals surface area contributed by atoms with Gasteiger partial charge in [-0.3, -0.25) is 4.79 Å². The third-order valence-electron chi connectivity index (χ3n) is 7.11. The summed E-state index contributed by atoms with van der Waals surface area (Å²) < 4.78 is 2.17. The van der Waals surface area contributed by atoms with E-state index in [9.17, 15) is 19.8 Å². The number of aromatic carboxylic acids is 1. The Morgan fingerprint density at radius 2 is 1.62 bits per heavy atom. The van der Waals surface area contributed by atoms with Gasteiger partial charge in [0.25, 0.3) is 0 Å². The van der Waals surface area contributed by atoms with Crippen LogP contribution in [0, 0.1) is 0 Å². The van der Waals surface area contributed by atoms with Crippen molar-refractivity contribution in [3.63, 3.8) is 0 Å². The molecule has 3 heterocycles. The molecule has 0 saturated heterocycles. The Morgan fingerprint density at radius 3 is 2.38 bits per heavy atom. The van der Waals surface area contributed by atoms with Crippen LogP contribution in [0.25, 0.3) is 32.7 Å². The van der Waals surface area contributed by atoms with Crippen LogP contribution in [0.4, 0.5) is 0 Å². The molecule has 0 aliphatic heterocycles. The summed E-state index contributed by atoms with van der Waals surface area (Å²) in [5, 5.41) is 25.6. The quantitative estimate of drug-likeness (QED) is 0.204. The lowest BCUT2D eigenvalue weighted by molar-refractivity contribution is -0.139. The first-order valence-corrected chi connectivity index (χ1v) is 12.7. The molecule has 6 aromatic rings. The molecule has 0 amide bonds. The third kappa shape index (κ3) is 4.51. The first kappa shape index (κ1) is 24.4. The van der Waals surface area contributed by atoms with Gasteiger partial charge in [-0.25, -0.2) is 9.78 Å². The SMILES string of the molecule is O=C(O)c1cc2c3ccccc3n(Cc3ccccc3)c2c(CCN[C@@H](C(=O)O)c2c[nH]c3ccccc23)n1. The molecule has 6 rings (SSSR count). The van der Waals surface area contributed by atoms with Crippen molar-refractivity contribution >= 4 is 44.6 Å². The number of carbonyl (C=O) groups is 2. The number of hydrogen-bond acceptors (Lipinski definition) is 4. The fourth-order valence-electron chi connectivity index (χ4n) is 5.37. The highest BCUT2D eigenvalue weighted by Gasteiger charge is 2.24. The summed E-state index contributed by atoms with van der Waals surface area (Å²) in [7, 11) is 0. The Morgan fingerprint density at radius 1 is 0.897 bits per heavy atom. The van der Waals surface area contributed by atoms with Gasteiger partial charge in [0.05, 0.1) is 11.2 Å². The Labute approximate surface area is 223 Å². The number of hydrogen-bond donors (Lipinski definition) is 4. The van der Waals surface area contributed by atoms with Crippen molar-refractivity contribution < 1.29 is 19.8 Å². The van der Waals surface area contributed by atoms with Gasteiger partial charge in [0.2, 0.25) is 0 Å². The lowest BCUT2D eigenvalue weighted by atomic mass is 10.1. The van der Waals surface area contributed by atoms with Gasteiger partial charge in [-0.15, -0.1) is 0 Å². The number of para-hydroxylation sites is 2. The van der Waals surface area contributed by atoms with Crippen molar-refractivity contribution in [2.24, 2.45) is 0 Å². The second-order valence-corrected chi connectivity index (χ2v) is 9.51. The summed E-state index contributed by atoms with van der Waals surface area (Å²) >= 11 is 0. The molecule has 4 N–H and O–H groups in total. The molecule has 0 saturated carbocycles. The molecular formula is C31H26N4O4. The molecule has 0 fully saturated rings. The summed E-state index contributed by atoms with van der Waals surface area (Å²) in [4.78, 5) is 31.9. The minimum Gasteiger partial charge on any atom is -0.480 e. The van der Waals surface area contributed by atoms with Crippen molar-refractivity contribution in [1.29, 1.82) is 0 Å². The fraction of sp³-hybridized carbons (Fsp3) is 0.129. The van der Waals surface area contributed by atoms with E-state index in [0.29, 0.717) is 24.2 Å². The van der Waals surface area contributed by atoms with Crippen LogP contribution >= 0.6 is 0 Å². The maximum Gasteiger partial charge on any atom is 0.354 e. The van der Waals surface area contributed by atoms with Crippen LogP contribution in [0.15, 0.2) is 91.1 Å². The highest BCUT2D eigenvalue weighted by molar-refractivity contribution is 6.10. The Bertz CT molecular complexity index is 1840. The molecule has 0 radical (unpaired) electrons. The van der Waals surface area contributed by atoms with Gasteiger partial charge in [0, 0.05) is 58.5 Å². The normalized spacial score (nSPS) is 12.3. The van der Waals surface area contributed by atoms with Gasteiger partial charge in [-0.05, 0) is 23.8 Å². The highest BCUT2D eigenvalue weighted by atomic mass is 16.4. The number of nitrogens with zero attached hydrogens (tertiary/aromatic N) is 2. The largest absolute Gasteiger partial charge is 0.480 e. The van der Waals surface area contributed by atoms with Gasteiger partial charge >= 0.3 is 11.9 Å². The minimum atomic E-state index is -1.10. The van der Waals surface area contributed by atoms with Crippen LogP contribution in [-0.4, -0.2) is 43.2 Å². The van der Waals surface area contributed by atoms with Crippen molar-refractivity contribution in [2.45, 2.75) is 19.0 Å². The molecule has 8 nitrogen and oxygen atoms in total. The summed E-state index contributed by atoms with van der Waals surface area (Å²) in [6, 6.07) is 26.2. The first-order valence-electron chi connectivity index (χ1n) is 12.7. The molecule has 3 aromatic heterocycles. The Balaban J connectivity index is 1.40. The number of nitrogens with one attached hydrogen (secondary N) is 2. The molecule has 0 bridgehead atoms. The molecule has 0 spiro atoms. The van der Waals surface area contributed by atoms with E-state index in [1.807, 2.05) is 66.7 Å². The summed E-state index contributed by atoms with van der Waals surface area (Å²) in [6.45, 7) is 0.876. The van der Waals surface area contributed by atoms with Crippen molar-refractivity contribution in [3.8, 4) is 0 Å². The van der Waals surface area contributed by atoms with Gasteiger partial charge in [0.1, 0.15) is 11.7 Å². The van der Waals surface area contributed by atoms with Crippen LogP contribution in [0.2, 0.25) is 0 Å². The molecule has 1 atom stereocenters. The average molecular weight is 519 g/mol. The zero-order valence-electron chi connectivity index (χ0n) is 21.0. The zero-order valence-corrected chi connectivity index (χ0v) is 21.0. The maximum absolute atomic E-state index is 12.2. The summed E-state index contributed by atoms with van der Waals surface area (Å²) in [5.41, 5.74) is 5.02. The third-order valence-corrected chi connectivity index (χ3v) is 7.11. The maximum atomic E-state index is 12.2. The average Bonchev–Trinajstić information content (AvgIpc) is 3.51. The van der Waals surface area contributed by atoms with E-state index < -0.39 is 18.0 Å². The smallest absolute Gasteiger partial charge is 0.354 e. The fourth-order valence-corrected chi connectivity index (χ4v) is 5.37. The lowest BCUT2D eigenvalue weighted by Gasteiger charge is -2.15. The number of benzene rings is 3. The van der Waals surface area contributed by atoms with Crippen molar-refractivity contribution in [2.75, 3.05) is 6.54 Å². The molecule has 3 aromatic carbocycles. The number of carboxylic acid groups (broad SMARTS) is 2. The van der Waals surface area contributed by atoms with Gasteiger partial charge in [-0.2, -0.15) is 0 Å². The van der Waals surface area contributed by atoms with Gasteiger partial charge < -0.3 is 25.1 Å². The molecule has 0 aliphatic carbocycles. The van der Waals surface area contributed by atoms with E-state index in [0.717, 1.165) is 38.3 Å². The van der Waals surface area contributed by atoms with Crippen LogP contribution in [0.5, 0.6) is 0 Å². The predicted molar refractivity (Wildman–Crippen MR) is 150 cm³/mol. The minimum absolute atomic E-state index is 0.0356. The number of aromatic nitrogens is 3. The van der Waals surface area contributed by atoms with E-state index in [4.69, 9.17) is 0 Å². The zero-order chi connectivity index (χ0) is 26.9. The van der Waals surface area contributed by atoms with E-state index in [2.05, 4.69) is 32.0 Å². The molecular weight excluding hydrogens is 492 g/mol. The lowest BCUT2D eigenvalue weighted by Crippen LogP contribution is -2.30. The van der Waals surface area contributed by atoms with E-state index >= 15 is 0 Å². The van der Waals surface area contributed by atoms with Crippen LogP contribution < -0.4 is 5.32 Å². The molecule has 39 heavy (non-hydrogen) atoms. The monoisotopic (exact) mass is 518 g/mol. The van der Waals surface area contributed by atoms with Crippen LogP contribution in [0.3, 0.4) is 0 Å². The number of fused-ring (bicyclic) bond motifs is 4. The molecule has 8 heteroatoms. The predicted octanol–water partition coefficient (Wildman–Crippen LogP) is 5.38. The van der Waals surface area contributed by atoms with Crippen LogP contribution in [-0.2, 0) is 17.8 Å². The van der Waals surface area contributed by atoms with E-state index in [1.165, 1.54) is 0 Å². The van der Waals surface area contributed by atoms with Crippen LogP contribution in [0.1, 0.15) is 33.4 Å². The highest BCUT2D eigenvalue weighted by Crippen LogP contribution is 2.32. The number of rotatable bonds is 9. The first-order chi connectivity index (χ1) is 19.0. The van der Waals surface area contributed by atoms with E-state index in [1.54, 1.807) is 12.3 Å². The van der Waals surface area contributed by atoms with E-state index in [-0.39, 0.29) is 12.2 Å². The second-order valence-electron chi connectivity index (χ2n) is 9.51. The number of aromatic amines is 1. The summed E-state index contributed by atoms with van der Waals surface area (Å²) in [5.74, 6) is -2.09. The molecule has 0 aliphatic rings. The molecule has 194 valence electrons. The Kier molecular flexibility index (Phi) is 6.30. The number of carboxylic acids is 2. The number of pyridine rings is 1. The second kappa shape index (κ2) is 10.1. The number of H-pyrrole nitrogens is 1. The summed E-state index contributed by atoms with van der Waals surface area (Å²) in [6.07, 6.45) is 2.06. The van der Waals surface area contributed by atoms with Crippen molar-refractivity contribution in [1.82, 2.24) is 19.9 Å². The van der Waals surface area contributed by atoms with Gasteiger partial charge in [-0.1, -0.05) is 66.7 Å². The van der Waals surface area contributed by atoms with Crippen molar-refractivity contribution in [3.05, 3.63) is 114 Å².